The lowest BCUT2D eigenvalue weighted by molar-refractivity contribution is 0.150. The average molecular weight is 197 g/mol. The Bertz CT molecular complexity index is 167. The minimum atomic E-state index is -0.962. The molecule has 1 heterocycles. The number of hydrogen-bond donors (Lipinski definition) is 3. The van der Waals surface area contributed by atoms with Gasteiger partial charge in [0, 0.05) is 31.7 Å². The third-order valence-electron chi connectivity index (χ3n) is 2.00. The van der Waals surface area contributed by atoms with Gasteiger partial charge in [0.1, 0.15) is 0 Å². The van der Waals surface area contributed by atoms with Crippen LogP contribution in [0.25, 0.3) is 0 Å². The zero-order valence-electron chi connectivity index (χ0n) is 6.51. The number of likely N-dealkylation sites (tertiary alicyclic amines) is 1. The highest BCUT2D eigenvalue weighted by molar-refractivity contribution is 5.85. The van der Waals surface area contributed by atoms with E-state index in [9.17, 15) is 4.79 Å². The molecule has 2 atom stereocenters. The lowest BCUT2D eigenvalue weighted by Crippen LogP contribution is -2.32. The molecular weight excluding hydrogens is 184 g/mol. The van der Waals surface area contributed by atoms with Crippen LogP contribution in [0.4, 0.5) is 4.79 Å². The summed E-state index contributed by atoms with van der Waals surface area (Å²) in [5.74, 6) is -0.0916. The second-order valence-electron chi connectivity index (χ2n) is 2.79. The summed E-state index contributed by atoms with van der Waals surface area (Å²) in [5.41, 5.74) is 5.55. The van der Waals surface area contributed by atoms with Crippen LogP contribution < -0.4 is 5.73 Å². The van der Waals surface area contributed by atoms with Crippen molar-refractivity contribution >= 4 is 18.5 Å². The topological polar surface area (TPSA) is 86.8 Å². The Morgan fingerprint density at radius 2 is 2.17 bits per heavy atom. The first-order valence-electron chi connectivity index (χ1n) is 3.49. The van der Waals surface area contributed by atoms with Gasteiger partial charge in [-0.25, -0.2) is 4.79 Å². The predicted octanol–water partition coefficient (Wildman–Crippen LogP) is -0.662. The minimum Gasteiger partial charge on any atom is -0.465 e. The molecule has 0 aromatic heterocycles. The number of carbonyl (C=O) groups is 1. The van der Waals surface area contributed by atoms with Crippen molar-refractivity contribution in [2.45, 2.75) is 6.04 Å². The molecule has 0 spiro atoms. The van der Waals surface area contributed by atoms with Crippen LogP contribution >= 0.6 is 12.4 Å². The van der Waals surface area contributed by atoms with Crippen LogP contribution in [0.2, 0.25) is 0 Å². The minimum absolute atomic E-state index is 0. The molecule has 1 amide bonds. The molecule has 1 fully saturated rings. The van der Waals surface area contributed by atoms with Gasteiger partial charge in [-0.05, 0) is 0 Å². The Balaban J connectivity index is 0.00000121. The molecule has 0 aromatic rings. The van der Waals surface area contributed by atoms with Crippen LogP contribution in [-0.2, 0) is 0 Å². The van der Waals surface area contributed by atoms with Gasteiger partial charge in [-0.1, -0.05) is 0 Å². The number of carboxylic acid groups (broad SMARTS) is 1. The van der Waals surface area contributed by atoms with Crippen molar-refractivity contribution < 1.29 is 15.0 Å². The Morgan fingerprint density at radius 3 is 2.42 bits per heavy atom. The van der Waals surface area contributed by atoms with Crippen molar-refractivity contribution in [2.24, 2.45) is 11.7 Å². The fraction of sp³-hybridized carbons (Fsp3) is 0.833. The number of aliphatic hydroxyl groups is 1. The Kier molecular flexibility index (Phi) is 4.30. The summed E-state index contributed by atoms with van der Waals surface area (Å²) < 4.78 is 0. The molecule has 0 saturated carbocycles. The molecule has 1 rings (SSSR count). The second-order valence-corrected chi connectivity index (χ2v) is 2.79. The van der Waals surface area contributed by atoms with Gasteiger partial charge < -0.3 is 20.8 Å². The second kappa shape index (κ2) is 4.49. The molecular formula is C6H13ClN2O3. The summed E-state index contributed by atoms with van der Waals surface area (Å²) in [6.07, 6.45) is -0.962. The van der Waals surface area contributed by atoms with E-state index < -0.39 is 6.09 Å². The monoisotopic (exact) mass is 196 g/mol. The molecule has 0 aliphatic carbocycles. The quantitative estimate of drug-likeness (QED) is 0.520. The van der Waals surface area contributed by atoms with E-state index in [4.69, 9.17) is 15.9 Å². The molecule has 0 radical (unpaired) electrons. The summed E-state index contributed by atoms with van der Waals surface area (Å²) in [6, 6.07) is -0.212. The van der Waals surface area contributed by atoms with E-state index in [1.807, 2.05) is 0 Å². The van der Waals surface area contributed by atoms with Crippen LogP contribution in [0.15, 0.2) is 0 Å². The van der Waals surface area contributed by atoms with Crippen molar-refractivity contribution in [3.63, 3.8) is 0 Å². The average Bonchev–Trinajstić information content (AvgIpc) is 2.31. The van der Waals surface area contributed by atoms with Gasteiger partial charge in [0.05, 0.1) is 0 Å². The first-order valence-corrected chi connectivity index (χ1v) is 3.49. The highest BCUT2D eigenvalue weighted by Crippen LogP contribution is 2.14. The highest BCUT2D eigenvalue weighted by atomic mass is 35.5. The zero-order chi connectivity index (χ0) is 8.43. The van der Waals surface area contributed by atoms with E-state index in [-0.39, 0.29) is 31.0 Å². The molecule has 72 valence electrons. The molecule has 0 bridgehead atoms. The van der Waals surface area contributed by atoms with Crippen LogP contribution in [0.1, 0.15) is 0 Å². The number of hydrogen-bond acceptors (Lipinski definition) is 3. The van der Waals surface area contributed by atoms with E-state index in [1.54, 1.807) is 0 Å². The zero-order valence-corrected chi connectivity index (χ0v) is 7.33. The van der Waals surface area contributed by atoms with Gasteiger partial charge >= 0.3 is 6.09 Å². The van der Waals surface area contributed by atoms with E-state index >= 15 is 0 Å². The summed E-state index contributed by atoms with van der Waals surface area (Å²) in [6.45, 7) is 0.651. The molecule has 6 heteroatoms. The van der Waals surface area contributed by atoms with E-state index in [0.29, 0.717) is 13.1 Å². The third-order valence-corrected chi connectivity index (χ3v) is 2.00. The Hall–Kier alpha value is -0.520. The summed E-state index contributed by atoms with van der Waals surface area (Å²) in [4.78, 5) is 11.6. The largest absolute Gasteiger partial charge is 0.465 e. The van der Waals surface area contributed by atoms with Gasteiger partial charge in [0.25, 0.3) is 0 Å². The van der Waals surface area contributed by atoms with E-state index in [1.165, 1.54) is 4.90 Å². The van der Waals surface area contributed by atoms with Gasteiger partial charge in [0.15, 0.2) is 0 Å². The van der Waals surface area contributed by atoms with Gasteiger partial charge in [0.2, 0.25) is 0 Å². The standard InChI is InChI=1S/C6H12N2O3.ClH/c7-5-2-8(6(10)11)1-4(5)3-9;/h4-5,9H,1-3,7H2,(H,10,11);1H/t4-,5-;/m0./s1. The van der Waals surface area contributed by atoms with Crippen molar-refractivity contribution in [1.82, 2.24) is 4.90 Å². The van der Waals surface area contributed by atoms with Crippen molar-refractivity contribution in [2.75, 3.05) is 19.7 Å². The fourth-order valence-electron chi connectivity index (χ4n) is 1.25. The molecule has 1 aliphatic rings. The lowest BCUT2D eigenvalue weighted by Gasteiger charge is -2.09. The highest BCUT2D eigenvalue weighted by Gasteiger charge is 2.31. The van der Waals surface area contributed by atoms with Crippen LogP contribution in [0.5, 0.6) is 0 Å². The first kappa shape index (κ1) is 11.5. The lowest BCUT2D eigenvalue weighted by atomic mass is 10.1. The summed E-state index contributed by atoms with van der Waals surface area (Å²) >= 11 is 0. The first-order chi connectivity index (χ1) is 5.15. The number of aliphatic hydroxyl groups excluding tert-OH is 1. The smallest absolute Gasteiger partial charge is 0.407 e. The van der Waals surface area contributed by atoms with Gasteiger partial charge in [-0.2, -0.15) is 0 Å². The molecule has 1 saturated heterocycles. The third kappa shape index (κ3) is 2.23. The normalized spacial score (nSPS) is 28.3. The number of nitrogens with two attached hydrogens (primary N) is 1. The summed E-state index contributed by atoms with van der Waals surface area (Å²) in [5, 5.41) is 17.3. The van der Waals surface area contributed by atoms with Crippen molar-refractivity contribution in [1.29, 1.82) is 0 Å². The number of nitrogens with zero attached hydrogens (tertiary/aromatic N) is 1. The van der Waals surface area contributed by atoms with E-state index in [0.717, 1.165) is 0 Å². The van der Waals surface area contributed by atoms with Crippen molar-refractivity contribution in [3.8, 4) is 0 Å². The van der Waals surface area contributed by atoms with E-state index in [2.05, 4.69) is 0 Å². The maximum Gasteiger partial charge on any atom is 0.407 e. The number of amides is 1. The van der Waals surface area contributed by atoms with Crippen LogP contribution in [0.3, 0.4) is 0 Å². The molecule has 0 aromatic carbocycles. The number of rotatable bonds is 1. The van der Waals surface area contributed by atoms with Crippen LogP contribution in [0, 0.1) is 5.92 Å². The number of halogens is 1. The molecule has 4 N–H and O–H groups in total. The SMILES string of the molecule is Cl.N[C@H]1CN(C(=O)O)C[C@H]1CO. The Morgan fingerprint density at radius 1 is 1.58 bits per heavy atom. The predicted molar refractivity (Wildman–Crippen MR) is 45.4 cm³/mol. The maximum absolute atomic E-state index is 10.4. The molecule has 0 unspecified atom stereocenters. The molecule has 12 heavy (non-hydrogen) atoms. The fourth-order valence-corrected chi connectivity index (χ4v) is 1.25. The maximum atomic E-state index is 10.4. The molecule has 5 nitrogen and oxygen atoms in total. The van der Waals surface area contributed by atoms with Gasteiger partial charge in [-0.15, -0.1) is 12.4 Å². The van der Waals surface area contributed by atoms with Gasteiger partial charge in [-0.3, -0.25) is 0 Å². The van der Waals surface area contributed by atoms with Crippen molar-refractivity contribution in [3.05, 3.63) is 0 Å². The molecule has 1 aliphatic heterocycles. The van der Waals surface area contributed by atoms with Crippen LogP contribution in [-0.4, -0.2) is 46.9 Å². The Labute approximate surface area is 76.6 Å². The summed E-state index contributed by atoms with van der Waals surface area (Å²) in [7, 11) is 0.